The minimum absolute atomic E-state index is 0.607. The molecular weight excluding hydrogens is 324 g/mol. The summed E-state index contributed by atoms with van der Waals surface area (Å²) in [6, 6.07) is 16.1. The van der Waals surface area contributed by atoms with Gasteiger partial charge in [-0.2, -0.15) is 4.98 Å². The van der Waals surface area contributed by atoms with Gasteiger partial charge in [-0.15, -0.1) is 0 Å². The van der Waals surface area contributed by atoms with E-state index in [2.05, 4.69) is 56.7 Å². The first-order chi connectivity index (χ1) is 12.7. The summed E-state index contributed by atoms with van der Waals surface area (Å²) in [5.41, 5.74) is 3.10. The smallest absolute Gasteiger partial charge is 0.225 e. The molecule has 3 rings (SSSR count). The van der Waals surface area contributed by atoms with E-state index in [-0.39, 0.29) is 0 Å². The Morgan fingerprint density at radius 1 is 0.923 bits per heavy atom. The van der Waals surface area contributed by atoms with E-state index in [1.54, 1.807) is 12.4 Å². The van der Waals surface area contributed by atoms with Crippen LogP contribution in [0, 0.1) is 0 Å². The highest BCUT2D eigenvalue weighted by molar-refractivity contribution is 5.64. The molecule has 0 aliphatic heterocycles. The minimum Gasteiger partial charge on any atom is -0.369 e. The molecule has 0 aliphatic carbocycles. The van der Waals surface area contributed by atoms with Crippen molar-refractivity contribution in [3.8, 4) is 11.3 Å². The molecule has 6 nitrogen and oxygen atoms in total. The van der Waals surface area contributed by atoms with E-state index in [1.807, 2.05) is 36.4 Å². The van der Waals surface area contributed by atoms with Gasteiger partial charge in [0.1, 0.15) is 5.82 Å². The van der Waals surface area contributed by atoms with Gasteiger partial charge in [0.05, 0.1) is 5.69 Å². The predicted octanol–water partition coefficient (Wildman–Crippen LogP) is 3.12. The van der Waals surface area contributed by atoms with Gasteiger partial charge in [-0.25, -0.2) is 4.98 Å². The Balaban J connectivity index is 1.80. The second-order valence-electron chi connectivity index (χ2n) is 6.27. The van der Waals surface area contributed by atoms with Crippen LogP contribution < -0.4 is 10.6 Å². The van der Waals surface area contributed by atoms with E-state index < -0.39 is 0 Å². The van der Waals surface area contributed by atoms with Crippen molar-refractivity contribution in [2.75, 3.05) is 37.8 Å². The third-order valence-corrected chi connectivity index (χ3v) is 3.86. The summed E-state index contributed by atoms with van der Waals surface area (Å²) in [6.07, 6.45) is 3.57. The molecule has 0 fully saturated rings. The lowest BCUT2D eigenvalue weighted by atomic mass is 10.1. The second kappa shape index (κ2) is 8.92. The summed E-state index contributed by atoms with van der Waals surface area (Å²) in [7, 11) is 4.11. The molecule has 2 N–H and O–H groups in total. The van der Waals surface area contributed by atoms with E-state index >= 15 is 0 Å². The van der Waals surface area contributed by atoms with Crippen molar-refractivity contribution >= 4 is 11.8 Å². The summed E-state index contributed by atoms with van der Waals surface area (Å²) in [4.78, 5) is 15.5. The summed E-state index contributed by atoms with van der Waals surface area (Å²) in [5.74, 6) is 1.42. The first-order valence-electron chi connectivity index (χ1n) is 8.66. The van der Waals surface area contributed by atoms with Crippen LogP contribution >= 0.6 is 0 Å². The molecule has 0 saturated heterocycles. The molecule has 0 unspecified atom stereocenters. The first-order valence-corrected chi connectivity index (χ1v) is 8.66. The van der Waals surface area contributed by atoms with Crippen molar-refractivity contribution in [3.63, 3.8) is 0 Å². The van der Waals surface area contributed by atoms with Gasteiger partial charge in [0.2, 0.25) is 5.95 Å². The van der Waals surface area contributed by atoms with E-state index in [9.17, 15) is 0 Å². The minimum atomic E-state index is 0.607. The largest absolute Gasteiger partial charge is 0.369 e. The summed E-state index contributed by atoms with van der Waals surface area (Å²) in [6.45, 7) is 2.41. The number of hydrogen-bond donors (Lipinski definition) is 2. The van der Waals surface area contributed by atoms with Crippen LogP contribution in [0.5, 0.6) is 0 Å². The summed E-state index contributed by atoms with van der Waals surface area (Å²) >= 11 is 0. The van der Waals surface area contributed by atoms with Crippen LogP contribution in [0.3, 0.4) is 0 Å². The van der Waals surface area contributed by atoms with E-state index in [0.717, 1.165) is 35.7 Å². The Morgan fingerprint density at radius 2 is 1.69 bits per heavy atom. The van der Waals surface area contributed by atoms with Gasteiger partial charge in [0, 0.05) is 43.7 Å². The van der Waals surface area contributed by atoms with Crippen molar-refractivity contribution in [1.82, 2.24) is 19.9 Å². The highest BCUT2D eigenvalue weighted by atomic mass is 15.2. The van der Waals surface area contributed by atoms with Crippen molar-refractivity contribution < 1.29 is 0 Å². The van der Waals surface area contributed by atoms with Gasteiger partial charge >= 0.3 is 0 Å². The fourth-order valence-corrected chi connectivity index (χ4v) is 2.46. The molecule has 3 aromatic rings. The Morgan fingerprint density at radius 3 is 2.42 bits per heavy atom. The predicted molar refractivity (Wildman–Crippen MR) is 106 cm³/mol. The van der Waals surface area contributed by atoms with Gasteiger partial charge in [0.25, 0.3) is 0 Å². The van der Waals surface area contributed by atoms with Gasteiger partial charge in [-0.05, 0) is 31.8 Å². The average molecular weight is 348 g/mol. The molecule has 1 aromatic carbocycles. The van der Waals surface area contributed by atoms with Gasteiger partial charge < -0.3 is 15.5 Å². The molecule has 0 saturated carbocycles. The maximum Gasteiger partial charge on any atom is 0.225 e. The Hall–Kier alpha value is -2.99. The van der Waals surface area contributed by atoms with Crippen LogP contribution in [0.1, 0.15) is 5.56 Å². The Kier molecular flexibility index (Phi) is 6.11. The lowest BCUT2D eigenvalue weighted by molar-refractivity contribution is 0.425. The van der Waals surface area contributed by atoms with E-state index in [1.165, 1.54) is 0 Å². The molecule has 0 aliphatic rings. The number of nitrogens with one attached hydrogen (secondary N) is 2. The normalized spacial score (nSPS) is 10.7. The number of anilines is 2. The van der Waals surface area contributed by atoms with Gasteiger partial charge in [-0.3, -0.25) is 4.98 Å². The molecule has 0 atom stereocenters. The van der Waals surface area contributed by atoms with Gasteiger partial charge in [-0.1, -0.05) is 30.3 Å². The first kappa shape index (κ1) is 17.8. The fourth-order valence-electron chi connectivity index (χ4n) is 2.46. The third-order valence-electron chi connectivity index (χ3n) is 3.86. The van der Waals surface area contributed by atoms with Crippen LogP contribution in [0.15, 0.2) is 60.9 Å². The number of likely N-dealkylation sites (N-methyl/N-ethyl adjacent to an activating group) is 1. The maximum absolute atomic E-state index is 4.67. The number of nitrogens with zero attached hydrogens (tertiary/aromatic N) is 4. The molecule has 0 spiro atoms. The standard InChI is InChI=1S/C20H24N6/c1-26(2)13-12-22-19-14-18(17-6-4-3-5-7-17)24-20(25-19)23-15-16-8-10-21-11-9-16/h3-11,14H,12-13,15H2,1-2H3,(H2,22,23,24,25). The second-order valence-corrected chi connectivity index (χ2v) is 6.27. The number of hydrogen-bond acceptors (Lipinski definition) is 6. The number of benzene rings is 1. The SMILES string of the molecule is CN(C)CCNc1cc(-c2ccccc2)nc(NCc2ccncc2)n1. The number of pyridine rings is 1. The van der Waals surface area contributed by atoms with Crippen LogP contribution in [0.25, 0.3) is 11.3 Å². The van der Waals surface area contributed by atoms with Crippen molar-refractivity contribution in [3.05, 3.63) is 66.5 Å². The molecular formula is C20H24N6. The molecule has 0 amide bonds. The highest BCUT2D eigenvalue weighted by Crippen LogP contribution is 2.21. The molecule has 26 heavy (non-hydrogen) atoms. The van der Waals surface area contributed by atoms with Crippen molar-refractivity contribution in [1.29, 1.82) is 0 Å². The third kappa shape index (κ3) is 5.26. The number of aromatic nitrogens is 3. The molecule has 2 aromatic heterocycles. The Bertz CT molecular complexity index is 805. The summed E-state index contributed by atoms with van der Waals surface area (Å²) in [5, 5.41) is 6.69. The van der Waals surface area contributed by atoms with Crippen LogP contribution in [-0.2, 0) is 6.54 Å². The van der Waals surface area contributed by atoms with Gasteiger partial charge in [0.15, 0.2) is 0 Å². The van der Waals surface area contributed by atoms with Crippen molar-refractivity contribution in [2.24, 2.45) is 0 Å². The fraction of sp³-hybridized carbons (Fsp3) is 0.250. The lowest BCUT2D eigenvalue weighted by Gasteiger charge is -2.13. The topological polar surface area (TPSA) is 66.0 Å². The van der Waals surface area contributed by atoms with E-state index in [0.29, 0.717) is 12.5 Å². The van der Waals surface area contributed by atoms with Crippen LogP contribution in [0.2, 0.25) is 0 Å². The van der Waals surface area contributed by atoms with E-state index in [4.69, 9.17) is 0 Å². The Labute approximate surface area is 154 Å². The highest BCUT2D eigenvalue weighted by Gasteiger charge is 2.07. The lowest BCUT2D eigenvalue weighted by Crippen LogP contribution is -2.21. The monoisotopic (exact) mass is 348 g/mol. The molecule has 0 bridgehead atoms. The van der Waals surface area contributed by atoms with Crippen LogP contribution in [0.4, 0.5) is 11.8 Å². The van der Waals surface area contributed by atoms with Crippen molar-refractivity contribution in [2.45, 2.75) is 6.54 Å². The quantitative estimate of drug-likeness (QED) is 0.652. The molecule has 2 heterocycles. The average Bonchev–Trinajstić information content (AvgIpc) is 2.67. The van der Waals surface area contributed by atoms with Crippen LogP contribution in [-0.4, -0.2) is 47.0 Å². The maximum atomic E-state index is 4.67. The molecule has 0 radical (unpaired) electrons. The zero-order chi connectivity index (χ0) is 18.2. The zero-order valence-corrected chi connectivity index (χ0v) is 15.2. The zero-order valence-electron chi connectivity index (χ0n) is 15.2. The number of rotatable bonds is 8. The summed E-state index contributed by atoms with van der Waals surface area (Å²) < 4.78 is 0. The molecule has 6 heteroatoms. The molecule has 134 valence electrons.